The highest BCUT2D eigenvalue weighted by molar-refractivity contribution is 14.1. The highest BCUT2D eigenvalue weighted by Gasteiger charge is 2.10. The summed E-state index contributed by atoms with van der Waals surface area (Å²) in [5, 5.41) is 12.3. The molecule has 2 N–H and O–H groups in total. The van der Waals surface area contributed by atoms with Crippen molar-refractivity contribution >= 4 is 34.3 Å². The molecule has 1 amide bonds. The normalized spacial score (nSPS) is 10.1. The lowest BCUT2D eigenvalue weighted by Gasteiger charge is -2.05. The fourth-order valence-electron chi connectivity index (χ4n) is 1.15. The van der Waals surface area contributed by atoms with Crippen molar-refractivity contribution < 1.29 is 4.79 Å². The maximum atomic E-state index is 11.6. The van der Waals surface area contributed by atoms with Crippen LogP contribution in [-0.2, 0) is 0 Å². The van der Waals surface area contributed by atoms with E-state index in [-0.39, 0.29) is 11.6 Å². The Bertz CT molecular complexity index is 511. The Hall–Kier alpha value is -1.51. The number of rotatable bonds is 2. The molecular formula is C9H8IN5O. The van der Waals surface area contributed by atoms with Crippen molar-refractivity contribution in [3.63, 3.8) is 0 Å². The number of aromatic amines is 1. The zero-order valence-electron chi connectivity index (χ0n) is 8.36. The van der Waals surface area contributed by atoms with E-state index in [9.17, 15) is 4.79 Å². The molecule has 2 aromatic rings. The monoisotopic (exact) mass is 329 g/mol. The van der Waals surface area contributed by atoms with Gasteiger partial charge in [-0.2, -0.15) is 15.4 Å². The molecule has 0 saturated carbocycles. The Morgan fingerprint density at radius 2 is 2.31 bits per heavy atom. The summed E-state index contributed by atoms with van der Waals surface area (Å²) < 4.78 is 1.02. The van der Waals surface area contributed by atoms with Crippen molar-refractivity contribution in [2.24, 2.45) is 0 Å². The van der Waals surface area contributed by atoms with Gasteiger partial charge in [0, 0.05) is 9.77 Å². The molecule has 0 aliphatic heterocycles. The van der Waals surface area contributed by atoms with Crippen LogP contribution in [0.25, 0.3) is 0 Å². The summed E-state index contributed by atoms with van der Waals surface area (Å²) in [6, 6.07) is 1.94. The minimum Gasteiger partial charge on any atom is -0.305 e. The Kier molecular flexibility index (Phi) is 3.13. The van der Waals surface area contributed by atoms with E-state index in [1.54, 1.807) is 6.20 Å². The second kappa shape index (κ2) is 4.56. The summed E-state index contributed by atoms with van der Waals surface area (Å²) in [7, 11) is 0. The van der Waals surface area contributed by atoms with E-state index in [1.807, 2.05) is 13.0 Å². The van der Waals surface area contributed by atoms with Crippen LogP contribution < -0.4 is 5.32 Å². The molecule has 0 atom stereocenters. The van der Waals surface area contributed by atoms with Crippen LogP contribution in [0.1, 0.15) is 16.1 Å². The lowest BCUT2D eigenvalue weighted by atomic mass is 10.3. The molecule has 82 valence electrons. The van der Waals surface area contributed by atoms with Crippen LogP contribution >= 0.6 is 22.6 Å². The van der Waals surface area contributed by atoms with Gasteiger partial charge < -0.3 is 5.32 Å². The van der Waals surface area contributed by atoms with Gasteiger partial charge in [-0.3, -0.25) is 4.79 Å². The summed E-state index contributed by atoms with van der Waals surface area (Å²) in [6.07, 6.45) is 3.04. The van der Waals surface area contributed by atoms with Crippen LogP contribution in [0.4, 0.5) is 5.82 Å². The first-order valence-corrected chi connectivity index (χ1v) is 5.54. The number of nitrogens with one attached hydrogen (secondary N) is 2. The number of halogens is 1. The van der Waals surface area contributed by atoms with E-state index in [2.05, 4.69) is 48.3 Å². The third-order valence-electron chi connectivity index (χ3n) is 1.92. The second-order valence-electron chi connectivity index (χ2n) is 3.13. The molecule has 0 spiro atoms. The lowest BCUT2D eigenvalue weighted by Crippen LogP contribution is -2.14. The number of amides is 1. The van der Waals surface area contributed by atoms with Gasteiger partial charge in [-0.05, 0) is 41.1 Å². The number of nitrogens with zero attached hydrogens (tertiary/aromatic N) is 3. The predicted molar refractivity (Wildman–Crippen MR) is 66.0 cm³/mol. The summed E-state index contributed by atoms with van der Waals surface area (Å²) in [5.74, 6) is 0.207. The van der Waals surface area contributed by atoms with Crippen LogP contribution in [-0.4, -0.2) is 26.3 Å². The van der Waals surface area contributed by atoms with Crippen molar-refractivity contribution in [1.29, 1.82) is 0 Å². The van der Waals surface area contributed by atoms with E-state index in [0.29, 0.717) is 5.82 Å². The topological polar surface area (TPSA) is 83.6 Å². The molecule has 6 nitrogen and oxygen atoms in total. The van der Waals surface area contributed by atoms with E-state index in [0.717, 1.165) is 9.13 Å². The van der Waals surface area contributed by atoms with Gasteiger partial charge >= 0.3 is 0 Å². The molecule has 0 aromatic carbocycles. The molecule has 0 unspecified atom stereocenters. The quantitative estimate of drug-likeness (QED) is 0.815. The SMILES string of the molecule is Cc1cc(I)cnc1NC(=O)c1cn[nH]n1. The lowest BCUT2D eigenvalue weighted by molar-refractivity contribution is 0.102. The molecule has 16 heavy (non-hydrogen) atoms. The second-order valence-corrected chi connectivity index (χ2v) is 4.37. The fourth-order valence-corrected chi connectivity index (χ4v) is 1.76. The van der Waals surface area contributed by atoms with E-state index in [4.69, 9.17) is 0 Å². The van der Waals surface area contributed by atoms with Crippen LogP contribution in [0.3, 0.4) is 0 Å². The van der Waals surface area contributed by atoms with Crippen molar-refractivity contribution in [1.82, 2.24) is 20.4 Å². The van der Waals surface area contributed by atoms with E-state index in [1.165, 1.54) is 6.20 Å². The van der Waals surface area contributed by atoms with Crippen LogP contribution in [0, 0.1) is 10.5 Å². The first-order chi connectivity index (χ1) is 7.66. The molecule has 0 saturated heterocycles. The number of carbonyl (C=O) groups excluding carboxylic acids is 1. The average molecular weight is 329 g/mol. The summed E-state index contributed by atoms with van der Waals surface area (Å²) in [6.45, 7) is 1.88. The Morgan fingerprint density at radius 1 is 1.50 bits per heavy atom. The van der Waals surface area contributed by atoms with E-state index >= 15 is 0 Å². The number of carbonyl (C=O) groups is 1. The smallest absolute Gasteiger partial charge is 0.278 e. The first-order valence-electron chi connectivity index (χ1n) is 4.46. The van der Waals surface area contributed by atoms with Gasteiger partial charge in [-0.15, -0.1) is 0 Å². The maximum Gasteiger partial charge on any atom is 0.278 e. The zero-order valence-corrected chi connectivity index (χ0v) is 10.5. The van der Waals surface area contributed by atoms with Gasteiger partial charge in [0.2, 0.25) is 0 Å². The summed E-state index contributed by atoms with van der Waals surface area (Å²) >= 11 is 2.16. The Morgan fingerprint density at radius 3 is 2.94 bits per heavy atom. The number of aromatic nitrogens is 4. The molecule has 0 aliphatic rings. The van der Waals surface area contributed by atoms with Crippen LogP contribution in [0.2, 0.25) is 0 Å². The van der Waals surface area contributed by atoms with Gasteiger partial charge in [0.05, 0.1) is 6.20 Å². The third-order valence-corrected chi connectivity index (χ3v) is 2.51. The van der Waals surface area contributed by atoms with Gasteiger partial charge in [-0.1, -0.05) is 0 Å². The Balaban J connectivity index is 2.18. The van der Waals surface area contributed by atoms with Crippen molar-refractivity contribution in [2.45, 2.75) is 6.92 Å². The molecule has 2 rings (SSSR count). The highest BCUT2D eigenvalue weighted by Crippen LogP contribution is 2.14. The third kappa shape index (κ3) is 2.35. The molecule has 0 bridgehead atoms. The standard InChI is InChI=1S/C9H8IN5O/c1-5-2-6(10)3-11-8(5)13-9(16)7-4-12-15-14-7/h2-4H,1H3,(H,11,13,16)(H,12,14,15). The molecule has 0 radical (unpaired) electrons. The maximum absolute atomic E-state index is 11.6. The Labute approximate surface area is 105 Å². The van der Waals surface area contributed by atoms with Crippen LogP contribution in [0.5, 0.6) is 0 Å². The molecule has 0 aliphatic carbocycles. The molecule has 2 aromatic heterocycles. The van der Waals surface area contributed by atoms with Gasteiger partial charge in [0.15, 0.2) is 5.69 Å². The molecule has 2 heterocycles. The van der Waals surface area contributed by atoms with Gasteiger partial charge in [0.1, 0.15) is 5.82 Å². The zero-order chi connectivity index (χ0) is 11.5. The minimum absolute atomic E-state index is 0.236. The predicted octanol–water partition coefficient (Wildman–Crippen LogP) is 1.37. The number of hydrogen-bond acceptors (Lipinski definition) is 4. The molecular weight excluding hydrogens is 321 g/mol. The molecule has 0 fully saturated rings. The van der Waals surface area contributed by atoms with Gasteiger partial charge in [0.25, 0.3) is 5.91 Å². The highest BCUT2D eigenvalue weighted by atomic mass is 127. The number of aryl methyl sites for hydroxylation is 1. The summed E-state index contributed by atoms with van der Waals surface area (Å²) in [4.78, 5) is 15.8. The number of hydrogen-bond donors (Lipinski definition) is 2. The minimum atomic E-state index is -0.328. The first kappa shape index (κ1) is 11.0. The number of anilines is 1. The van der Waals surface area contributed by atoms with Crippen molar-refractivity contribution in [2.75, 3.05) is 5.32 Å². The van der Waals surface area contributed by atoms with Crippen LogP contribution in [0.15, 0.2) is 18.5 Å². The average Bonchev–Trinajstić information content (AvgIpc) is 2.75. The fraction of sp³-hybridized carbons (Fsp3) is 0.111. The van der Waals surface area contributed by atoms with Gasteiger partial charge in [-0.25, -0.2) is 4.98 Å². The largest absolute Gasteiger partial charge is 0.305 e. The van der Waals surface area contributed by atoms with Crippen molar-refractivity contribution in [3.05, 3.63) is 33.3 Å². The van der Waals surface area contributed by atoms with Crippen molar-refractivity contribution in [3.8, 4) is 0 Å². The number of H-pyrrole nitrogens is 1. The molecule has 7 heteroatoms. The number of pyridine rings is 1. The van der Waals surface area contributed by atoms with E-state index < -0.39 is 0 Å². The summed E-state index contributed by atoms with van der Waals surface area (Å²) in [5.41, 5.74) is 1.14.